The van der Waals surface area contributed by atoms with Crippen molar-refractivity contribution in [3.8, 4) is 0 Å². The minimum Gasteiger partial charge on any atom is -0.457 e. The molecule has 2 aromatic rings. The molecule has 0 amide bonds. The van der Waals surface area contributed by atoms with E-state index in [4.69, 9.17) is 10.6 Å². The fourth-order valence-electron chi connectivity index (χ4n) is 3.79. The van der Waals surface area contributed by atoms with E-state index in [1.54, 1.807) is 13.0 Å². The Morgan fingerprint density at radius 2 is 2.05 bits per heavy atom. The molecule has 3 N–H and O–H groups in total. The largest absolute Gasteiger partial charge is 0.457 e. The summed E-state index contributed by atoms with van der Waals surface area (Å²) in [4.78, 5) is 14.4. The predicted molar refractivity (Wildman–Crippen MR) is 137 cm³/mol. The van der Waals surface area contributed by atoms with Gasteiger partial charge in [-0.3, -0.25) is 9.73 Å². The number of aromatic nitrogens is 2. The van der Waals surface area contributed by atoms with Gasteiger partial charge in [0.15, 0.2) is 5.75 Å². The Morgan fingerprint density at radius 3 is 2.70 bits per heavy atom. The van der Waals surface area contributed by atoms with Crippen molar-refractivity contribution in [2.45, 2.75) is 65.2 Å². The molecule has 1 aliphatic rings. The lowest BCUT2D eigenvalue weighted by molar-refractivity contribution is -0.106. The summed E-state index contributed by atoms with van der Waals surface area (Å²) in [6.07, 6.45) is -1.28. The maximum absolute atomic E-state index is 12.9. The number of carbonyl (C=O) groups excluding carboxylic acids is 1. The zero-order valence-electron chi connectivity index (χ0n) is 20.8. The molecule has 1 aromatic heterocycles. The van der Waals surface area contributed by atoms with Crippen molar-refractivity contribution in [3.05, 3.63) is 22.7 Å². The van der Waals surface area contributed by atoms with Crippen molar-refractivity contribution in [2.24, 2.45) is 5.84 Å². The number of unbranched alkanes of at least 4 members (excludes halogenated alkanes) is 1. The number of halogens is 3. The highest BCUT2D eigenvalue weighted by atomic mass is 32.2. The fourth-order valence-corrected chi connectivity index (χ4v) is 5.46. The number of nitrogens with zero attached hydrogens (tertiary/aromatic N) is 4. The van der Waals surface area contributed by atoms with Crippen LogP contribution in [-0.2, 0) is 21.2 Å². The third-order valence-electron chi connectivity index (χ3n) is 5.75. The molecular formula is C22H31F3N6O4S2. The topological polar surface area (TPSA) is 131 Å². The van der Waals surface area contributed by atoms with E-state index in [9.17, 15) is 26.4 Å². The number of esters is 1. The van der Waals surface area contributed by atoms with Crippen LogP contribution in [0.3, 0.4) is 0 Å². The number of nitrogens with two attached hydrogens (primary N) is 1. The summed E-state index contributed by atoms with van der Waals surface area (Å²) in [6, 6.07) is 3.14. The maximum atomic E-state index is 12.9. The number of benzene rings is 1. The average molecular weight is 565 g/mol. The number of alkyl halides is 3. The van der Waals surface area contributed by atoms with Crippen LogP contribution in [-0.4, -0.2) is 55.7 Å². The van der Waals surface area contributed by atoms with E-state index in [2.05, 4.69) is 19.8 Å². The third kappa shape index (κ3) is 7.68. The minimum absolute atomic E-state index is 0.0333. The van der Waals surface area contributed by atoms with Crippen molar-refractivity contribution >= 4 is 49.5 Å². The number of nitrogens with one attached hydrogen (secondary N) is 1. The first-order valence-corrected chi connectivity index (χ1v) is 14.4. The second-order valence-electron chi connectivity index (χ2n) is 8.80. The minimum atomic E-state index is -4.93. The summed E-state index contributed by atoms with van der Waals surface area (Å²) < 4.78 is 70.8. The van der Waals surface area contributed by atoms with Crippen molar-refractivity contribution < 1.29 is 31.1 Å². The van der Waals surface area contributed by atoms with E-state index in [-0.39, 0.29) is 27.6 Å². The van der Waals surface area contributed by atoms with E-state index >= 15 is 0 Å². The van der Waals surface area contributed by atoms with Gasteiger partial charge in [-0.05, 0) is 50.3 Å². The van der Waals surface area contributed by atoms with Crippen LogP contribution in [0, 0.1) is 0 Å². The van der Waals surface area contributed by atoms with Gasteiger partial charge in [0.25, 0.3) is 0 Å². The van der Waals surface area contributed by atoms with Gasteiger partial charge < -0.3 is 9.64 Å². The zero-order chi connectivity index (χ0) is 27.4. The standard InChI is InChI=1S/C22H31F3N6O4S2/c1-4-6-9-30-10-7-8-15-11-18(16(12-17(15)30)29-37(33,34)13-22(23,24)25)31(26)21-28-27-19(36-21)20(32)35-14(3)5-2/h11-12,14,29H,4-10,13,26H2,1-3H3. The lowest BCUT2D eigenvalue weighted by Crippen LogP contribution is -2.33. The molecule has 1 atom stereocenters. The quantitative estimate of drug-likeness (QED) is 0.232. The highest BCUT2D eigenvalue weighted by Crippen LogP contribution is 2.40. The molecule has 3 rings (SSSR count). The molecular weight excluding hydrogens is 533 g/mol. The first-order valence-electron chi connectivity index (χ1n) is 11.9. The summed E-state index contributed by atoms with van der Waals surface area (Å²) in [5, 5.41) is 8.71. The Morgan fingerprint density at radius 1 is 1.32 bits per heavy atom. The Hall–Kier alpha value is -2.65. The van der Waals surface area contributed by atoms with Gasteiger partial charge in [-0.2, -0.15) is 13.2 Å². The van der Waals surface area contributed by atoms with Crippen molar-refractivity contribution in [1.82, 2.24) is 10.2 Å². The fraction of sp³-hybridized carbons (Fsp3) is 0.591. The van der Waals surface area contributed by atoms with Gasteiger partial charge in [-0.15, -0.1) is 10.2 Å². The summed E-state index contributed by atoms with van der Waals surface area (Å²) in [5.74, 6) is 3.53. The second kappa shape index (κ2) is 11.8. The van der Waals surface area contributed by atoms with Gasteiger partial charge in [0.05, 0.1) is 17.5 Å². The molecule has 0 spiro atoms. The normalized spacial score (nSPS) is 14.7. The van der Waals surface area contributed by atoms with Crippen LogP contribution in [0.5, 0.6) is 0 Å². The van der Waals surface area contributed by atoms with Gasteiger partial charge in [-0.25, -0.2) is 19.1 Å². The van der Waals surface area contributed by atoms with Gasteiger partial charge in [-0.1, -0.05) is 31.6 Å². The number of hydrazine groups is 1. The summed E-state index contributed by atoms with van der Waals surface area (Å²) in [7, 11) is -4.80. The van der Waals surface area contributed by atoms with E-state index in [0.29, 0.717) is 12.8 Å². The van der Waals surface area contributed by atoms with Crippen molar-refractivity contribution in [2.75, 3.05) is 33.5 Å². The molecule has 2 heterocycles. The van der Waals surface area contributed by atoms with Crippen molar-refractivity contribution in [3.63, 3.8) is 0 Å². The van der Waals surface area contributed by atoms with Crippen LogP contribution in [0.2, 0.25) is 0 Å². The first kappa shape index (κ1) is 28.9. The summed E-state index contributed by atoms with van der Waals surface area (Å²) in [6.45, 7) is 7.09. The first-order chi connectivity index (χ1) is 17.3. The molecule has 0 saturated heterocycles. The Bertz CT molecular complexity index is 1210. The molecule has 1 unspecified atom stereocenters. The summed E-state index contributed by atoms with van der Waals surface area (Å²) in [5.41, 5.74) is 1.55. The van der Waals surface area contributed by atoms with Crippen LogP contribution < -0.4 is 20.5 Å². The predicted octanol–water partition coefficient (Wildman–Crippen LogP) is 4.36. The van der Waals surface area contributed by atoms with E-state index in [0.717, 1.165) is 59.9 Å². The Kier molecular flexibility index (Phi) is 9.23. The maximum Gasteiger partial charge on any atom is 0.404 e. The van der Waals surface area contributed by atoms with Crippen LogP contribution in [0.25, 0.3) is 0 Å². The van der Waals surface area contributed by atoms with Crippen LogP contribution >= 0.6 is 11.3 Å². The molecule has 0 aliphatic carbocycles. The molecule has 37 heavy (non-hydrogen) atoms. The molecule has 0 fully saturated rings. The molecule has 0 saturated carbocycles. The Labute approximate surface area is 218 Å². The molecule has 1 aliphatic heterocycles. The number of anilines is 4. The number of ether oxygens (including phenoxy) is 1. The molecule has 0 radical (unpaired) electrons. The van der Waals surface area contributed by atoms with Gasteiger partial charge >= 0.3 is 12.1 Å². The zero-order valence-corrected chi connectivity index (χ0v) is 22.5. The van der Waals surface area contributed by atoms with Crippen LogP contribution in [0.15, 0.2) is 12.1 Å². The van der Waals surface area contributed by atoms with E-state index in [1.807, 2.05) is 13.8 Å². The number of aryl methyl sites for hydroxylation is 1. The molecule has 206 valence electrons. The number of rotatable bonds is 11. The SMILES string of the molecule is CCCCN1CCCc2cc(N(N)c3nnc(C(=O)OC(C)CC)s3)c(NS(=O)(=O)CC(F)(F)F)cc21. The smallest absolute Gasteiger partial charge is 0.404 e. The lowest BCUT2D eigenvalue weighted by Gasteiger charge is -2.33. The van der Waals surface area contributed by atoms with Gasteiger partial charge in [0, 0.05) is 18.8 Å². The number of hydrogen-bond donors (Lipinski definition) is 2. The highest BCUT2D eigenvalue weighted by Gasteiger charge is 2.36. The van der Waals surface area contributed by atoms with Crippen molar-refractivity contribution in [1.29, 1.82) is 0 Å². The monoisotopic (exact) mass is 564 g/mol. The number of hydrogen-bond acceptors (Lipinski definition) is 10. The third-order valence-corrected chi connectivity index (χ3v) is 7.89. The number of carbonyl (C=O) groups is 1. The lowest BCUT2D eigenvalue weighted by atomic mass is 9.99. The van der Waals surface area contributed by atoms with E-state index in [1.165, 1.54) is 6.07 Å². The molecule has 1 aromatic carbocycles. The van der Waals surface area contributed by atoms with Crippen LogP contribution in [0.1, 0.15) is 61.8 Å². The van der Waals surface area contributed by atoms with Gasteiger partial charge in [0.2, 0.25) is 20.2 Å². The molecule has 15 heteroatoms. The number of fused-ring (bicyclic) bond motifs is 1. The number of sulfonamides is 1. The van der Waals surface area contributed by atoms with Gasteiger partial charge in [0.1, 0.15) is 0 Å². The van der Waals surface area contributed by atoms with E-state index < -0.39 is 27.9 Å². The highest BCUT2D eigenvalue weighted by molar-refractivity contribution is 7.92. The van der Waals surface area contributed by atoms with Crippen LogP contribution in [0.4, 0.5) is 35.4 Å². The average Bonchev–Trinajstić information content (AvgIpc) is 3.30. The summed E-state index contributed by atoms with van der Waals surface area (Å²) >= 11 is 0.819. The molecule has 10 nitrogen and oxygen atoms in total. The Balaban J connectivity index is 2.01. The molecule has 0 bridgehead atoms. The second-order valence-corrected chi connectivity index (χ2v) is 11.5.